The Morgan fingerprint density at radius 2 is 0.654 bits per heavy atom. The van der Waals surface area contributed by atoms with Crippen molar-refractivity contribution < 1.29 is 17.7 Å². The van der Waals surface area contributed by atoms with Gasteiger partial charge in [-0.15, -0.1) is 0 Å². The lowest BCUT2D eigenvalue weighted by molar-refractivity contribution is 0.325. The average molecular weight is 689 g/mol. The van der Waals surface area contributed by atoms with Crippen molar-refractivity contribution in [3.8, 4) is 0 Å². The van der Waals surface area contributed by atoms with Gasteiger partial charge >= 0.3 is 0 Å². The molecule has 2 N–H and O–H groups in total. The molecule has 0 aliphatic heterocycles. The molecule has 12 rings (SSSR count). The van der Waals surface area contributed by atoms with Crippen LogP contribution in [-0.4, -0.2) is 9.97 Å². The number of benzene rings is 5. The van der Waals surface area contributed by atoms with Crippen molar-refractivity contribution in [1.82, 2.24) is 9.97 Å². The fraction of sp³-hybridized carbons (Fsp3) is 0.190. The molecule has 0 saturated heterocycles. The summed E-state index contributed by atoms with van der Waals surface area (Å²) in [5.41, 5.74) is 6.94. The number of nitrogens with one attached hydrogen (secondary N) is 2. The van der Waals surface area contributed by atoms with E-state index in [9.17, 15) is 19.2 Å². The third-order valence-electron chi connectivity index (χ3n) is 11.9. The predicted molar refractivity (Wildman–Crippen MR) is 197 cm³/mol. The second kappa shape index (κ2) is 9.27. The second-order valence-electron chi connectivity index (χ2n) is 14.8. The summed E-state index contributed by atoms with van der Waals surface area (Å²) in [6.45, 7) is 8.87. The fourth-order valence-corrected chi connectivity index (χ4v) is 9.79. The van der Waals surface area contributed by atoms with Crippen LogP contribution in [0.15, 0.2) is 110 Å². The highest BCUT2D eigenvalue weighted by Crippen LogP contribution is 2.67. The number of fused-ring (bicyclic) bond motifs is 6. The molecule has 2 bridgehead atoms. The smallest absolute Gasteiger partial charge is 0.259 e. The van der Waals surface area contributed by atoms with E-state index in [2.05, 4.69) is 86.2 Å². The number of aromatic nitrogens is 2. The zero-order valence-corrected chi connectivity index (χ0v) is 28.3. The number of rotatable bonds is 2. The zero-order chi connectivity index (χ0) is 35.6. The average Bonchev–Trinajstić information content (AvgIpc) is 3.56. The van der Waals surface area contributed by atoms with Crippen LogP contribution in [0.3, 0.4) is 0 Å². The van der Waals surface area contributed by atoms with E-state index < -0.39 is 33.1 Å². The highest BCUT2D eigenvalue weighted by atomic mass is 16.4. The van der Waals surface area contributed by atoms with Gasteiger partial charge in [-0.1, -0.05) is 52.0 Å². The van der Waals surface area contributed by atoms with E-state index >= 15 is 0 Å². The Balaban J connectivity index is 1.29. The van der Waals surface area contributed by atoms with Gasteiger partial charge < -0.3 is 17.7 Å². The van der Waals surface area contributed by atoms with Crippen LogP contribution in [0.5, 0.6) is 0 Å². The van der Waals surface area contributed by atoms with Crippen LogP contribution in [0, 0.1) is 11.8 Å². The van der Waals surface area contributed by atoms with Crippen molar-refractivity contribution in [1.29, 1.82) is 0 Å². The summed E-state index contributed by atoms with van der Waals surface area (Å²) in [5.74, 6) is 0.0783. The summed E-state index contributed by atoms with van der Waals surface area (Å²) < 4.78 is 26.1. The first-order valence-corrected chi connectivity index (χ1v) is 17.3. The van der Waals surface area contributed by atoms with Crippen LogP contribution in [0.4, 0.5) is 0 Å². The van der Waals surface area contributed by atoms with Crippen molar-refractivity contribution in [2.75, 3.05) is 0 Å². The van der Waals surface area contributed by atoms with Gasteiger partial charge in [-0.25, -0.2) is 0 Å². The van der Waals surface area contributed by atoms with E-state index in [1.54, 1.807) is 24.3 Å². The summed E-state index contributed by atoms with van der Waals surface area (Å²) >= 11 is 0. The van der Waals surface area contributed by atoms with Crippen molar-refractivity contribution in [2.45, 2.75) is 38.5 Å². The molecule has 254 valence electrons. The fourth-order valence-electron chi connectivity index (χ4n) is 9.79. The lowest BCUT2D eigenvalue weighted by Crippen LogP contribution is -2.55. The van der Waals surface area contributed by atoms with E-state index in [1.165, 1.54) is 11.1 Å². The Hall–Kier alpha value is -6.42. The maximum absolute atomic E-state index is 12.5. The minimum absolute atomic E-state index is 0.0391. The molecular formula is C42H28N2O8. The Morgan fingerprint density at radius 3 is 0.904 bits per heavy atom. The van der Waals surface area contributed by atoms with Gasteiger partial charge in [0.2, 0.25) is 0 Å². The molecule has 5 aromatic carbocycles. The minimum Gasteiger partial charge on any atom is -0.449 e. The van der Waals surface area contributed by atoms with Gasteiger partial charge in [0.05, 0.1) is 21.5 Å². The van der Waals surface area contributed by atoms with Gasteiger partial charge in [-0.3, -0.25) is 29.1 Å². The Morgan fingerprint density at radius 1 is 0.404 bits per heavy atom. The standard InChI is InChI=1S/C42H28N2O8/c1-17(2)41-23-7-5-6-8-24(23)42(18(3)4,27-15-35-33(13-25(27)41)49-29-9-19-21(11-31(29)51-35)39(47)43-37(19)45)28-16-36-34(14-26(28)41)50-30-10-20-22(12-32(30)52-36)40(48)44-38(20)46/h5-18H,1-4H3,(H,43,45,47)(H,44,46,48). The molecule has 0 amide bonds. The first-order chi connectivity index (χ1) is 25.0. The number of aromatic amines is 2. The highest BCUT2D eigenvalue weighted by Gasteiger charge is 2.61. The normalized spacial score (nSPS) is 19.2. The number of H-pyrrole nitrogens is 2. The SMILES string of the molecule is CC(C)C12c3ccccc3C(C(C)C)(c3cc4oc5cc6c(=O)[nH]c(=O)c6cc5oc4cc31)c1cc3oc4cc5c(=O)[nH]c(=O)c5cc4oc3cc12. The Bertz CT molecular complexity index is 2960. The topological polar surface area (TPSA) is 152 Å². The lowest BCUT2D eigenvalue weighted by Gasteiger charge is -2.59. The summed E-state index contributed by atoms with van der Waals surface area (Å²) in [7, 11) is 0. The summed E-state index contributed by atoms with van der Waals surface area (Å²) in [4.78, 5) is 54.7. The largest absolute Gasteiger partial charge is 0.449 e. The lowest BCUT2D eigenvalue weighted by atomic mass is 9.42. The van der Waals surface area contributed by atoms with Crippen LogP contribution in [0.25, 0.3) is 66.2 Å². The van der Waals surface area contributed by atoms with Crippen molar-refractivity contribution in [3.63, 3.8) is 0 Å². The van der Waals surface area contributed by atoms with Crippen LogP contribution < -0.4 is 22.2 Å². The third kappa shape index (κ3) is 3.22. The van der Waals surface area contributed by atoms with Crippen LogP contribution in [0.2, 0.25) is 0 Å². The Labute approximate surface area is 291 Å². The van der Waals surface area contributed by atoms with Crippen LogP contribution >= 0.6 is 0 Å². The van der Waals surface area contributed by atoms with Gasteiger partial charge in [-0.05, 0) is 93.7 Å². The summed E-state index contributed by atoms with van der Waals surface area (Å²) in [6.07, 6.45) is 0. The van der Waals surface area contributed by atoms with Crippen LogP contribution in [-0.2, 0) is 10.8 Å². The summed E-state index contributed by atoms with van der Waals surface area (Å²) in [6, 6.07) is 23.2. The van der Waals surface area contributed by atoms with E-state index in [4.69, 9.17) is 17.7 Å². The zero-order valence-electron chi connectivity index (χ0n) is 28.3. The molecule has 10 nitrogen and oxygen atoms in total. The molecule has 3 aliphatic rings. The van der Waals surface area contributed by atoms with Gasteiger partial charge in [0.15, 0.2) is 44.7 Å². The first kappa shape index (κ1) is 29.3. The predicted octanol–water partition coefficient (Wildman–Crippen LogP) is 7.68. The number of hydrogen-bond acceptors (Lipinski definition) is 8. The summed E-state index contributed by atoms with van der Waals surface area (Å²) in [5, 5.41) is 0.996. The van der Waals surface area contributed by atoms with Gasteiger partial charge in [0.1, 0.15) is 0 Å². The van der Waals surface area contributed by atoms with Crippen molar-refractivity contribution in [2.24, 2.45) is 11.8 Å². The molecule has 0 radical (unpaired) electrons. The van der Waals surface area contributed by atoms with Crippen molar-refractivity contribution >= 4 is 66.2 Å². The molecular weight excluding hydrogens is 660 g/mol. The second-order valence-corrected chi connectivity index (χ2v) is 14.8. The molecule has 0 fully saturated rings. The van der Waals surface area contributed by atoms with Crippen molar-refractivity contribution in [3.05, 3.63) is 148 Å². The molecule has 0 saturated carbocycles. The van der Waals surface area contributed by atoms with E-state index in [-0.39, 0.29) is 33.4 Å². The molecule has 3 aliphatic carbocycles. The maximum Gasteiger partial charge on any atom is 0.259 e. The van der Waals surface area contributed by atoms with Gasteiger partial charge in [-0.2, -0.15) is 0 Å². The highest BCUT2D eigenvalue weighted by molar-refractivity contribution is 5.97. The van der Waals surface area contributed by atoms with E-state index in [1.807, 2.05) is 0 Å². The quantitative estimate of drug-likeness (QED) is 0.176. The van der Waals surface area contributed by atoms with Gasteiger partial charge in [0, 0.05) is 10.8 Å². The molecule has 0 spiro atoms. The first-order valence-electron chi connectivity index (χ1n) is 17.3. The molecule has 0 unspecified atom stereocenters. The minimum atomic E-state index is -0.663. The number of hydrogen-bond donors (Lipinski definition) is 2. The third-order valence-corrected chi connectivity index (χ3v) is 11.9. The van der Waals surface area contributed by atoms with Crippen LogP contribution in [0.1, 0.15) is 61.1 Å². The molecule has 0 atom stereocenters. The van der Waals surface area contributed by atoms with Gasteiger partial charge in [0.25, 0.3) is 22.2 Å². The molecule has 9 aromatic rings. The van der Waals surface area contributed by atoms with E-state index in [0.29, 0.717) is 44.7 Å². The maximum atomic E-state index is 12.5. The molecule has 4 heterocycles. The monoisotopic (exact) mass is 688 g/mol. The Kier molecular flexibility index (Phi) is 5.23. The van der Waals surface area contributed by atoms with E-state index in [0.717, 1.165) is 22.3 Å². The molecule has 10 heteroatoms. The molecule has 52 heavy (non-hydrogen) atoms. The molecule has 4 aromatic heterocycles.